The van der Waals surface area contributed by atoms with E-state index in [0.29, 0.717) is 0 Å². The van der Waals surface area contributed by atoms with E-state index in [1.54, 1.807) is 18.4 Å². The van der Waals surface area contributed by atoms with Crippen LogP contribution in [0.2, 0.25) is 0 Å². The first kappa shape index (κ1) is 9.48. The summed E-state index contributed by atoms with van der Waals surface area (Å²) in [4.78, 5) is 4.40. The van der Waals surface area contributed by atoms with Crippen LogP contribution in [0.3, 0.4) is 0 Å². The van der Waals surface area contributed by atoms with Crippen molar-refractivity contribution in [3.63, 3.8) is 0 Å². The van der Waals surface area contributed by atoms with E-state index in [1.807, 2.05) is 24.4 Å². The zero-order valence-corrected chi connectivity index (χ0v) is 9.67. The number of fused-ring (bicyclic) bond motifs is 1. The molecule has 0 radical (unpaired) electrons. The van der Waals surface area contributed by atoms with Gasteiger partial charge in [0.25, 0.3) is 0 Å². The number of hydrogen-bond donors (Lipinski definition) is 1. The van der Waals surface area contributed by atoms with Gasteiger partial charge < -0.3 is 9.72 Å². The Balaban J connectivity index is 2.27. The molecule has 0 fully saturated rings. The van der Waals surface area contributed by atoms with Crippen molar-refractivity contribution in [1.29, 1.82) is 0 Å². The fourth-order valence-corrected chi connectivity index (χ4v) is 3.00. The first-order valence-electron chi connectivity index (χ1n) is 5.09. The summed E-state index contributed by atoms with van der Waals surface area (Å²) in [6, 6.07) is 12.4. The largest absolute Gasteiger partial charge is 0.493 e. The van der Waals surface area contributed by atoms with Gasteiger partial charge in [-0.2, -0.15) is 0 Å². The van der Waals surface area contributed by atoms with Crippen molar-refractivity contribution in [3.8, 4) is 16.2 Å². The number of rotatable bonds is 2. The summed E-state index contributed by atoms with van der Waals surface area (Å²) in [6.45, 7) is 0. The lowest BCUT2D eigenvalue weighted by Gasteiger charge is -2.02. The van der Waals surface area contributed by atoms with Crippen molar-refractivity contribution in [2.24, 2.45) is 0 Å². The highest BCUT2D eigenvalue weighted by atomic mass is 32.1. The molecule has 1 aromatic carbocycles. The maximum Gasteiger partial charge on any atom is 0.161 e. The number of methoxy groups -OCH3 is 1. The summed E-state index contributed by atoms with van der Waals surface area (Å²) in [5, 5.41) is 0. The second kappa shape index (κ2) is 3.68. The van der Waals surface area contributed by atoms with Gasteiger partial charge in [-0.1, -0.05) is 30.3 Å². The minimum Gasteiger partial charge on any atom is -0.493 e. The fraction of sp³-hybridized carbons (Fsp3) is 0.0769. The Kier molecular flexibility index (Phi) is 2.18. The molecule has 3 aromatic rings. The average Bonchev–Trinajstić information content (AvgIpc) is 2.89. The first-order valence-corrected chi connectivity index (χ1v) is 5.91. The van der Waals surface area contributed by atoms with Crippen LogP contribution in [0.15, 0.2) is 42.6 Å². The van der Waals surface area contributed by atoms with Crippen molar-refractivity contribution in [2.45, 2.75) is 0 Å². The van der Waals surface area contributed by atoms with Gasteiger partial charge in [0.15, 0.2) is 5.75 Å². The van der Waals surface area contributed by atoms with E-state index in [0.717, 1.165) is 11.3 Å². The minimum absolute atomic E-state index is 0.941. The van der Waals surface area contributed by atoms with Gasteiger partial charge in [0.2, 0.25) is 0 Å². The molecule has 2 heterocycles. The highest BCUT2D eigenvalue weighted by Crippen LogP contribution is 2.43. The van der Waals surface area contributed by atoms with Crippen LogP contribution in [0.25, 0.3) is 20.7 Å². The smallest absolute Gasteiger partial charge is 0.161 e. The maximum absolute atomic E-state index is 5.49. The van der Waals surface area contributed by atoms with Crippen LogP contribution in [0.4, 0.5) is 0 Å². The van der Waals surface area contributed by atoms with E-state index >= 15 is 0 Å². The van der Waals surface area contributed by atoms with Gasteiger partial charge in [0.05, 0.1) is 22.2 Å². The quantitative estimate of drug-likeness (QED) is 0.708. The van der Waals surface area contributed by atoms with Crippen LogP contribution in [-0.4, -0.2) is 12.1 Å². The van der Waals surface area contributed by atoms with Crippen molar-refractivity contribution in [1.82, 2.24) is 4.98 Å². The Morgan fingerprint density at radius 2 is 1.94 bits per heavy atom. The molecule has 16 heavy (non-hydrogen) atoms. The SMILES string of the molecule is COc1c(-c2ccccc2)sc2cc[nH]c12. The van der Waals surface area contributed by atoms with Crippen molar-refractivity contribution in [3.05, 3.63) is 42.6 Å². The molecule has 80 valence electrons. The number of aromatic nitrogens is 1. The molecule has 0 saturated carbocycles. The molecule has 0 spiro atoms. The highest BCUT2D eigenvalue weighted by Gasteiger charge is 2.14. The Morgan fingerprint density at radius 3 is 2.69 bits per heavy atom. The molecule has 0 unspecified atom stereocenters. The fourth-order valence-electron chi connectivity index (χ4n) is 1.86. The summed E-state index contributed by atoms with van der Waals surface area (Å²) in [5.74, 6) is 0.941. The molecule has 2 nitrogen and oxygen atoms in total. The van der Waals surface area contributed by atoms with E-state index in [1.165, 1.54) is 15.1 Å². The lowest BCUT2D eigenvalue weighted by Crippen LogP contribution is -1.83. The summed E-state index contributed by atoms with van der Waals surface area (Å²) in [6.07, 6.45) is 1.94. The molecule has 2 aromatic heterocycles. The van der Waals surface area contributed by atoms with E-state index in [4.69, 9.17) is 4.74 Å². The van der Waals surface area contributed by atoms with Gasteiger partial charge in [-0.15, -0.1) is 11.3 Å². The van der Waals surface area contributed by atoms with Gasteiger partial charge in [0.1, 0.15) is 0 Å². The third-order valence-corrected chi connectivity index (χ3v) is 3.78. The second-order valence-electron chi connectivity index (χ2n) is 3.55. The molecule has 0 aliphatic heterocycles. The first-order chi connectivity index (χ1) is 7.90. The molecule has 0 bridgehead atoms. The molecule has 0 saturated heterocycles. The topological polar surface area (TPSA) is 25.0 Å². The third kappa shape index (κ3) is 1.32. The predicted molar refractivity (Wildman–Crippen MR) is 68.2 cm³/mol. The van der Waals surface area contributed by atoms with E-state index in [2.05, 4.69) is 23.2 Å². The average molecular weight is 229 g/mol. The molecular formula is C13H11NOS. The number of benzene rings is 1. The lowest BCUT2D eigenvalue weighted by atomic mass is 10.2. The lowest BCUT2D eigenvalue weighted by molar-refractivity contribution is 0.422. The monoisotopic (exact) mass is 229 g/mol. The Morgan fingerprint density at radius 1 is 1.12 bits per heavy atom. The van der Waals surface area contributed by atoms with Crippen LogP contribution in [0.5, 0.6) is 5.75 Å². The van der Waals surface area contributed by atoms with E-state index in [9.17, 15) is 0 Å². The molecule has 3 heteroatoms. The van der Waals surface area contributed by atoms with E-state index in [-0.39, 0.29) is 0 Å². The van der Waals surface area contributed by atoms with Gasteiger partial charge in [-0.05, 0) is 11.6 Å². The molecule has 0 aliphatic carbocycles. The normalized spacial score (nSPS) is 10.8. The highest BCUT2D eigenvalue weighted by molar-refractivity contribution is 7.22. The number of aromatic amines is 1. The number of H-pyrrole nitrogens is 1. The number of thiophene rings is 1. The molecule has 3 rings (SSSR count). The van der Waals surface area contributed by atoms with Crippen LogP contribution in [0, 0.1) is 0 Å². The van der Waals surface area contributed by atoms with E-state index < -0.39 is 0 Å². The number of nitrogens with one attached hydrogen (secondary N) is 1. The zero-order chi connectivity index (χ0) is 11.0. The van der Waals surface area contributed by atoms with Gasteiger partial charge in [-0.25, -0.2) is 0 Å². The number of ether oxygens (including phenoxy) is 1. The summed E-state index contributed by atoms with van der Waals surface area (Å²) < 4.78 is 6.72. The van der Waals surface area contributed by atoms with Crippen LogP contribution in [-0.2, 0) is 0 Å². The van der Waals surface area contributed by atoms with Gasteiger partial charge in [0, 0.05) is 6.20 Å². The van der Waals surface area contributed by atoms with Crippen LogP contribution < -0.4 is 4.74 Å². The van der Waals surface area contributed by atoms with Crippen molar-refractivity contribution < 1.29 is 4.74 Å². The molecule has 0 amide bonds. The Labute approximate surface area is 97.5 Å². The van der Waals surface area contributed by atoms with Crippen molar-refractivity contribution >= 4 is 21.6 Å². The van der Waals surface area contributed by atoms with Crippen molar-refractivity contribution in [2.75, 3.05) is 7.11 Å². The van der Waals surface area contributed by atoms with Crippen LogP contribution >= 0.6 is 11.3 Å². The molecule has 1 N–H and O–H groups in total. The maximum atomic E-state index is 5.49. The van der Waals surface area contributed by atoms with Crippen LogP contribution in [0.1, 0.15) is 0 Å². The predicted octanol–water partition coefficient (Wildman–Crippen LogP) is 3.91. The standard InChI is InChI=1S/C13H11NOS/c1-15-12-11-10(7-8-14-11)16-13(12)9-5-3-2-4-6-9/h2-8,14H,1H3. The molecular weight excluding hydrogens is 218 g/mol. The minimum atomic E-state index is 0.941. The summed E-state index contributed by atoms with van der Waals surface area (Å²) in [7, 11) is 1.72. The molecule has 0 aliphatic rings. The van der Waals surface area contributed by atoms with Gasteiger partial charge in [-0.3, -0.25) is 0 Å². The second-order valence-corrected chi connectivity index (χ2v) is 4.60. The molecule has 0 atom stereocenters. The Bertz CT molecular complexity index is 609. The number of hydrogen-bond acceptors (Lipinski definition) is 2. The zero-order valence-electron chi connectivity index (χ0n) is 8.86. The Hall–Kier alpha value is -1.74. The summed E-state index contributed by atoms with van der Waals surface area (Å²) >= 11 is 1.75. The third-order valence-electron chi connectivity index (χ3n) is 2.59. The van der Waals surface area contributed by atoms with Gasteiger partial charge >= 0.3 is 0 Å². The summed E-state index contributed by atoms with van der Waals surface area (Å²) in [5.41, 5.74) is 2.29.